The fraction of sp³-hybridized carbons (Fsp3) is 0.0952. The van der Waals surface area contributed by atoms with Gasteiger partial charge in [-0.2, -0.15) is 0 Å². The van der Waals surface area contributed by atoms with E-state index in [1.54, 1.807) is 72.8 Å². The molecule has 0 aromatic heterocycles. The number of carbonyl (C=O) groups is 1. The molecule has 0 bridgehead atoms. The van der Waals surface area contributed by atoms with E-state index in [0.29, 0.717) is 16.7 Å². The molecule has 0 saturated carbocycles. The number of carbonyl (C=O) groups excluding carboxylic acids is 1. The van der Waals surface area contributed by atoms with E-state index in [1.165, 1.54) is 12.1 Å². The summed E-state index contributed by atoms with van der Waals surface area (Å²) in [6.07, 6.45) is 0. The summed E-state index contributed by atoms with van der Waals surface area (Å²) in [4.78, 5) is 12.8. The third-order valence-electron chi connectivity index (χ3n) is 3.94. The Morgan fingerprint density at radius 3 is 1.96 bits per heavy atom. The molecule has 0 aliphatic heterocycles. The van der Waals surface area contributed by atoms with Gasteiger partial charge in [0, 0.05) is 0 Å². The smallest absolute Gasteiger partial charge is 0.348 e. The van der Waals surface area contributed by atoms with Crippen molar-refractivity contribution in [2.75, 3.05) is 0 Å². The SMILES string of the molecule is O=C(OCc1cccc(F)c1)C(O)(c1ccccc1)c1ccccc1. The Morgan fingerprint density at radius 1 is 0.880 bits per heavy atom. The molecular formula is C21H17FO3. The van der Waals surface area contributed by atoms with Gasteiger partial charge in [0.25, 0.3) is 0 Å². The highest BCUT2D eigenvalue weighted by molar-refractivity contribution is 5.85. The summed E-state index contributed by atoms with van der Waals surface area (Å²) in [5.41, 5.74) is -0.608. The molecule has 0 unspecified atom stereocenters. The van der Waals surface area contributed by atoms with Crippen LogP contribution in [0.15, 0.2) is 84.9 Å². The first-order chi connectivity index (χ1) is 12.1. The van der Waals surface area contributed by atoms with Gasteiger partial charge in [0.2, 0.25) is 5.60 Å². The van der Waals surface area contributed by atoms with Crippen molar-refractivity contribution < 1.29 is 19.0 Å². The van der Waals surface area contributed by atoms with Crippen LogP contribution in [-0.4, -0.2) is 11.1 Å². The third-order valence-corrected chi connectivity index (χ3v) is 3.94. The van der Waals surface area contributed by atoms with E-state index in [2.05, 4.69) is 0 Å². The summed E-state index contributed by atoms with van der Waals surface area (Å²) in [5, 5.41) is 11.2. The van der Waals surface area contributed by atoms with E-state index in [0.717, 1.165) is 0 Å². The quantitative estimate of drug-likeness (QED) is 0.721. The second-order valence-corrected chi connectivity index (χ2v) is 5.65. The molecule has 3 rings (SSSR count). The third kappa shape index (κ3) is 3.59. The molecule has 3 aromatic carbocycles. The van der Waals surface area contributed by atoms with Crippen LogP contribution in [0.1, 0.15) is 16.7 Å². The first kappa shape index (κ1) is 16.9. The van der Waals surface area contributed by atoms with Crippen LogP contribution in [0.3, 0.4) is 0 Å². The number of rotatable bonds is 5. The molecule has 0 spiro atoms. The van der Waals surface area contributed by atoms with Gasteiger partial charge in [-0.25, -0.2) is 9.18 Å². The molecule has 0 saturated heterocycles. The zero-order valence-corrected chi connectivity index (χ0v) is 13.4. The van der Waals surface area contributed by atoms with Gasteiger partial charge < -0.3 is 9.84 Å². The van der Waals surface area contributed by atoms with Gasteiger partial charge >= 0.3 is 5.97 Å². The van der Waals surface area contributed by atoms with Crippen LogP contribution in [0.4, 0.5) is 4.39 Å². The van der Waals surface area contributed by atoms with Crippen molar-refractivity contribution in [3.05, 3.63) is 107 Å². The van der Waals surface area contributed by atoms with E-state index in [-0.39, 0.29) is 6.61 Å². The lowest BCUT2D eigenvalue weighted by atomic mass is 9.86. The number of esters is 1. The Hall–Kier alpha value is -2.98. The van der Waals surface area contributed by atoms with Crippen LogP contribution in [0.2, 0.25) is 0 Å². The van der Waals surface area contributed by atoms with Gasteiger partial charge in [-0.3, -0.25) is 0 Å². The zero-order chi connectivity index (χ0) is 17.7. The lowest BCUT2D eigenvalue weighted by molar-refractivity contribution is -0.163. The Morgan fingerprint density at radius 2 is 1.44 bits per heavy atom. The number of halogens is 1. The van der Waals surface area contributed by atoms with Crippen LogP contribution < -0.4 is 0 Å². The molecule has 4 heteroatoms. The van der Waals surface area contributed by atoms with Crippen molar-refractivity contribution in [3.63, 3.8) is 0 Å². The molecule has 3 nitrogen and oxygen atoms in total. The minimum absolute atomic E-state index is 0.126. The first-order valence-electron chi connectivity index (χ1n) is 7.86. The monoisotopic (exact) mass is 336 g/mol. The van der Waals surface area contributed by atoms with Crippen LogP contribution in [0.25, 0.3) is 0 Å². The fourth-order valence-electron chi connectivity index (χ4n) is 2.64. The lowest BCUT2D eigenvalue weighted by Crippen LogP contribution is -2.38. The highest BCUT2D eigenvalue weighted by atomic mass is 19.1. The molecule has 0 atom stereocenters. The number of aliphatic hydroxyl groups is 1. The molecular weight excluding hydrogens is 319 g/mol. The van der Waals surface area contributed by atoms with Gasteiger partial charge in [0.1, 0.15) is 12.4 Å². The Bertz CT molecular complexity index is 808. The van der Waals surface area contributed by atoms with E-state index in [4.69, 9.17) is 4.74 Å². The molecule has 0 fully saturated rings. The summed E-state index contributed by atoms with van der Waals surface area (Å²) in [6.45, 7) is -0.126. The van der Waals surface area contributed by atoms with Crippen molar-refractivity contribution in [1.82, 2.24) is 0 Å². The topological polar surface area (TPSA) is 46.5 Å². The Balaban J connectivity index is 1.91. The number of hydrogen-bond acceptors (Lipinski definition) is 3. The zero-order valence-electron chi connectivity index (χ0n) is 13.4. The summed E-state index contributed by atoms with van der Waals surface area (Å²) < 4.78 is 18.6. The van der Waals surface area contributed by atoms with Gasteiger partial charge in [-0.05, 0) is 28.8 Å². The molecule has 0 radical (unpaired) electrons. The standard InChI is InChI=1S/C21H17FO3/c22-19-13-7-8-16(14-19)15-25-20(23)21(24,17-9-3-1-4-10-17)18-11-5-2-6-12-18/h1-14,24H,15H2. The summed E-state index contributed by atoms with van der Waals surface area (Å²) in [6, 6.07) is 23.0. The van der Waals surface area contributed by atoms with Gasteiger partial charge in [0.05, 0.1) is 0 Å². The predicted molar refractivity (Wildman–Crippen MR) is 92.1 cm³/mol. The number of ether oxygens (including phenoxy) is 1. The largest absolute Gasteiger partial charge is 0.458 e. The maximum Gasteiger partial charge on any atom is 0.348 e. The van der Waals surface area contributed by atoms with Crippen molar-refractivity contribution in [3.8, 4) is 0 Å². The second-order valence-electron chi connectivity index (χ2n) is 5.65. The van der Waals surface area contributed by atoms with Crippen molar-refractivity contribution in [2.24, 2.45) is 0 Å². The molecule has 0 heterocycles. The molecule has 0 amide bonds. The first-order valence-corrected chi connectivity index (χ1v) is 7.86. The maximum absolute atomic E-state index is 13.3. The van der Waals surface area contributed by atoms with E-state index < -0.39 is 17.4 Å². The highest BCUT2D eigenvalue weighted by Crippen LogP contribution is 2.31. The normalized spacial score (nSPS) is 11.1. The Labute approximate surface area is 145 Å². The minimum atomic E-state index is -1.93. The van der Waals surface area contributed by atoms with Crippen LogP contribution >= 0.6 is 0 Å². The molecule has 0 aliphatic rings. The average Bonchev–Trinajstić information content (AvgIpc) is 2.67. The van der Waals surface area contributed by atoms with Crippen LogP contribution in [0.5, 0.6) is 0 Å². The van der Waals surface area contributed by atoms with Gasteiger partial charge in [0.15, 0.2) is 0 Å². The molecule has 0 aliphatic carbocycles. The predicted octanol–water partition coefficient (Wildman–Crippen LogP) is 3.81. The van der Waals surface area contributed by atoms with Gasteiger partial charge in [-0.1, -0.05) is 72.8 Å². The molecule has 25 heavy (non-hydrogen) atoms. The average molecular weight is 336 g/mol. The maximum atomic E-state index is 13.3. The van der Waals surface area contributed by atoms with Crippen LogP contribution in [0, 0.1) is 5.82 Å². The summed E-state index contributed by atoms with van der Waals surface area (Å²) >= 11 is 0. The second kappa shape index (κ2) is 7.28. The molecule has 3 aromatic rings. The van der Waals surface area contributed by atoms with E-state index >= 15 is 0 Å². The van der Waals surface area contributed by atoms with Gasteiger partial charge in [-0.15, -0.1) is 0 Å². The van der Waals surface area contributed by atoms with Crippen molar-refractivity contribution in [1.29, 1.82) is 0 Å². The van der Waals surface area contributed by atoms with Crippen LogP contribution in [-0.2, 0) is 21.7 Å². The lowest BCUT2D eigenvalue weighted by Gasteiger charge is -2.27. The number of benzene rings is 3. The number of hydrogen-bond donors (Lipinski definition) is 1. The minimum Gasteiger partial charge on any atom is -0.458 e. The van der Waals surface area contributed by atoms with Crippen molar-refractivity contribution >= 4 is 5.97 Å². The van der Waals surface area contributed by atoms with E-state index in [9.17, 15) is 14.3 Å². The Kier molecular flexibility index (Phi) is 4.91. The highest BCUT2D eigenvalue weighted by Gasteiger charge is 2.41. The van der Waals surface area contributed by atoms with E-state index in [1.807, 2.05) is 0 Å². The molecule has 1 N–H and O–H groups in total. The fourth-order valence-corrected chi connectivity index (χ4v) is 2.64. The molecule has 126 valence electrons. The van der Waals surface area contributed by atoms with Crippen molar-refractivity contribution in [2.45, 2.75) is 12.2 Å². The summed E-state index contributed by atoms with van der Waals surface area (Å²) in [7, 11) is 0. The summed E-state index contributed by atoms with van der Waals surface area (Å²) in [5.74, 6) is -1.22.